The van der Waals surface area contributed by atoms with Gasteiger partial charge in [-0.1, -0.05) is 0 Å². The van der Waals surface area contributed by atoms with E-state index in [1.54, 1.807) is 11.8 Å². The number of thioether (sulfide) groups is 1. The zero-order valence-corrected chi connectivity index (χ0v) is 9.32. The van der Waals surface area contributed by atoms with E-state index in [1.807, 2.05) is 25.3 Å². The molecule has 1 saturated carbocycles. The molecule has 76 valence electrons. The number of phenolic OH excluding ortho intramolecular Hbond substituents is 1. The molecule has 3 heteroatoms. The Bertz CT molecular complexity index is 372. The summed E-state index contributed by atoms with van der Waals surface area (Å²) < 4.78 is 0. The summed E-state index contributed by atoms with van der Waals surface area (Å²) in [6.45, 7) is 1.91. The van der Waals surface area contributed by atoms with Crippen LogP contribution in [0.15, 0.2) is 17.0 Å². The van der Waals surface area contributed by atoms with Gasteiger partial charge in [-0.05, 0) is 49.3 Å². The standard InChI is InChI=1S/C11H15NOS/c1-7-5-10(14-2)8(6-9(7)13)11(12)3-4-11/h5-6,13H,3-4,12H2,1-2H3. The number of phenols is 1. The predicted octanol–water partition coefficient (Wildman–Crippen LogP) is 2.37. The summed E-state index contributed by atoms with van der Waals surface area (Å²) in [5.74, 6) is 0.356. The largest absolute Gasteiger partial charge is 0.508 e. The van der Waals surface area contributed by atoms with Crippen molar-refractivity contribution in [3.8, 4) is 5.75 Å². The van der Waals surface area contributed by atoms with Crippen molar-refractivity contribution >= 4 is 11.8 Å². The van der Waals surface area contributed by atoms with E-state index >= 15 is 0 Å². The van der Waals surface area contributed by atoms with E-state index in [0.717, 1.165) is 24.0 Å². The summed E-state index contributed by atoms with van der Waals surface area (Å²) in [6, 6.07) is 3.84. The highest BCUT2D eigenvalue weighted by Crippen LogP contribution is 2.47. The van der Waals surface area contributed by atoms with Crippen molar-refractivity contribution in [3.05, 3.63) is 23.3 Å². The molecule has 0 aromatic heterocycles. The van der Waals surface area contributed by atoms with Crippen LogP contribution >= 0.6 is 11.8 Å². The molecule has 0 spiro atoms. The van der Waals surface area contributed by atoms with E-state index in [2.05, 4.69) is 0 Å². The van der Waals surface area contributed by atoms with Crippen LogP contribution in [0.3, 0.4) is 0 Å². The summed E-state index contributed by atoms with van der Waals surface area (Å²) in [7, 11) is 0. The fourth-order valence-corrected chi connectivity index (χ4v) is 2.41. The molecule has 2 rings (SSSR count). The first-order chi connectivity index (χ1) is 6.57. The lowest BCUT2D eigenvalue weighted by atomic mass is 10.0. The van der Waals surface area contributed by atoms with Gasteiger partial charge in [-0.2, -0.15) is 0 Å². The van der Waals surface area contributed by atoms with Crippen LogP contribution in [-0.2, 0) is 5.54 Å². The first-order valence-electron chi connectivity index (χ1n) is 4.74. The highest BCUT2D eigenvalue weighted by molar-refractivity contribution is 7.98. The van der Waals surface area contributed by atoms with Crippen LogP contribution in [0.25, 0.3) is 0 Å². The average molecular weight is 209 g/mol. The van der Waals surface area contributed by atoms with E-state index in [9.17, 15) is 5.11 Å². The first-order valence-corrected chi connectivity index (χ1v) is 5.96. The van der Waals surface area contributed by atoms with Crippen LogP contribution in [0.2, 0.25) is 0 Å². The quantitative estimate of drug-likeness (QED) is 0.735. The third-order valence-electron chi connectivity index (χ3n) is 2.84. The first kappa shape index (κ1) is 9.87. The molecular formula is C11H15NOS. The molecule has 1 aliphatic rings. The summed E-state index contributed by atoms with van der Waals surface area (Å²) >= 11 is 1.69. The Morgan fingerprint density at radius 2 is 2.07 bits per heavy atom. The van der Waals surface area contributed by atoms with Gasteiger partial charge < -0.3 is 10.8 Å². The highest BCUT2D eigenvalue weighted by atomic mass is 32.2. The van der Waals surface area contributed by atoms with E-state index in [1.165, 1.54) is 4.90 Å². The third-order valence-corrected chi connectivity index (χ3v) is 3.62. The predicted molar refractivity (Wildman–Crippen MR) is 59.7 cm³/mol. The summed E-state index contributed by atoms with van der Waals surface area (Å²) in [5.41, 5.74) is 8.00. The zero-order valence-electron chi connectivity index (χ0n) is 8.50. The van der Waals surface area contributed by atoms with E-state index in [-0.39, 0.29) is 5.54 Å². The van der Waals surface area contributed by atoms with Crippen molar-refractivity contribution in [1.82, 2.24) is 0 Å². The van der Waals surface area contributed by atoms with Crippen LogP contribution < -0.4 is 5.73 Å². The van der Waals surface area contributed by atoms with E-state index in [4.69, 9.17) is 5.73 Å². The summed E-state index contributed by atoms with van der Waals surface area (Å²) in [4.78, 5) is 1.19. The Hall–Kier alpha value is -0.670. The second-order valence-electron chi connectivity index (χ2n) is 4.00. The van der Waals surface area contributed by atoms with Gasteiger partial charge in [0.25, 0.3) is 0 Å². The fourth-order valence-electron chi connectivity index (χ4n) is 1.63. The lowest BCUT2D eigenvalue weighted by Crippen LogP contribution is -2.19. The number of hydrogen-bond acceptors (Lipinski definition) is 3. The second kappa shape index (κ2) is 3.17. The number of aromatic hydroxyl groups is 1. The Morgan fingerprint density at radius 1 is 1.43 bits per heavy atom. The maximum absolute atomic E-state index is 9.65. The molecule has 1 aliphatic carbocycles. The van der Waals surface area contributed by atoms with Crippen LogP contribution in [-0.4, -0.2) is 11.4 Å². The molecule has 0 heterocycles. The van der Waals surface area contributed by atoms with Crippen LogP contribution in [0, 0.1) is 6.92 Å². The molecular weight excluding hydrogens is 194 g/mol. The van der Waals surface area contributed by atoms with Gasteiger partial charge in [0.1, 0.15) is 5.75 Å². The molecule has 2 nitrogen and oxygen atoms in total. The van der Waals surface area contributed by atoms with Gasteiger partial charge in [-0.25, -0.2) is 0 Å². The zero-order chi connectivity index (χ0) is 10.3. The molecule has 1 aromatic carbocycles. The van der Waals surface area contributed by atoms with Gasteiger partial charge in [-0.15, -0.1) is 11.8 Å². The number of rotatable bonds is 2. The lowest BCUT2D eigenvalue weighted by molar-refractivity contribution is 0.468. The molecule has 3 N–H and O–H groups in total. The monoisotopic (exact) mass is 209 g/mol. The minimum Gasteiger partial charge on any atom is -0.508 e. The Kier molecular flexibility index (Phi) is 2.24. The Morgan fingerprint density at radius 3 is 2.57 bits per heavy atom. The molecule has 0 unspecified atom stereocenters. The minimum absolute atomic E-state index is 0.163. The van der Waals surface area contributed by atoms with Crippen molar-refractivity contribution in [1.29, 1.82) is 0 Å². The molecule has 1 aromatic rings. The fraction of sp³-hybridized carbons (Fsp3) is 0.455. The smallest absolute Gasteiger partial charge is 0.118 e. The third kappa shape index (κ3) is 1.51. The Balaban J connectivity index is 2.52. The van der Waals surface area contributed by atoms with Crippen molar-refractivity contribution in [2.45, 2.75) is 30.2 Å². The molecule has 0 amide bonds. The van der Waals surface area contributed by atoms with Gasteiger partial charge in [0.15, 0.2) is 0 Å². The van der Waals surface area contributed by atoms with Gasteiger partial charge in [-0.3, -0.25) is 0 Å². The summed E-state index contributed by atoms with van der Waals surface area (Å²) in [6.07, 6.45) is 4.10. The number of hydrogen-bond donors (Lipinski definition) is 2. The molecule has 14 heavy (non-hydrogen) atoms. The molecule has 0 aliphatic heterocycles. The molecule has 0 radical (unpaired) electrons. The van der Waals surface area contributed by atoms with Gasteiger partial charge >= 0.3 is 0 Å². The average Bonchev–Trinajstić information content (AvgIpc) is 2.89. The molecule has 0 saturated heterocycles. The number of nitrogens with two attached hydrogens (primary N) is 1. The summed E-state index contributed by atoms with van der Waals surface area (Å²) in [5, 5.41) is 9.65. The maximum atomic E-state index is 9.65. The van der Waals surface area contributed by atoms with E-state index in [0.29, 0.717) is 5.75 Å². The van der Waals surface area contributed by atoms with Crippen molar-refractivity contribution in [3.63, 3.8) is 0 Å². The van der Waals surface area contributed by atoms with Crippen LogP contribution in [0.1, 0.15) is 24.0 Å². The minimum atomic E-state index is -0.163. The van der Waals surface area contributed by atoms with Gasteiger partial charge in [0.05, 0.1) is 0 Å². The molecule has 0 bridgehead atoms. The molecule has 0 atom stereocenters. The Labute approximate surface area is 88.5 Å². The van der Waals surface area contributed by atoms with Gasteiger partial charge in [0.2, 0.25) is 0 Å². The number of aryl methyl sites for hydroxylation is 1. The van der Waals surface area contributed by atoms with Crippen LogP contribution in [0.5, 0.6) is 5.75 Å². The van der Waals surface area contributed by atoms with Crippen molar-refractivity contribution in [2.75, 3.05) is 6.26 Å². The topological polar surface area (TPSA) is 46.2 Å². The SMILES string of the molecule is CSc1cc(C)c(O)cc1C1(N)CC1. The van der Waals surface area contributed by atoms with E-state index < -0.39 is 0 Å². The number of benzene rings is 1. The van der Waals surface area contributed by atoms with Crippen molar-refractivity contribution in [2.24, 2.45) is 5.73 Å². The second-order valence-corrected chi connectivity index (χ2v) is 4.84. The van der Waals surface area contributed by atoms with Crippen LogP contribution in [0.4, 0.5) is 0 Å². The normalized spacial score (nSPS) is 18.2. The highest BCUT2D eigenvalue weighted by Gasteiger charge is 2.41. The maximum Gasteiger partial charge on any atom is 0.118 e. The lowest BCUT2D eigenvalue weighted by Gasteiger charge is -2.15. The molecule has 1 fully saturated rings. The van der Waals surface area contributed by atoms with Gasteiger partial charge in [0, 0.05) is 10.4 Å². The van der Waals surface area contributed by atoms with Crippen molar-refractivity contribution < 1.29 is 5.11 Å².